The molecule has 8 nitrogen and oxygen atoms in total. The number of benzene rings is 1. The third kappa shape index (κ3) is 4.12. The SMILES string of the molecule is Cc1ccn(CCCNS(=O)(=O)c2cccc([N+](=O)[O-])c2)n1. The van der Waals surface area contributed by atoms with Gasteiger partial charge in [-0.05, 0) is 25.5 Å². The molecule has 0 aliphatic carbocycles. The van der Waals surface area contributed by atoms with Gasteiger partial charge in [-0.3, -0.25) is 14.8 Å². The standard InChI is InChI=1S/C13H16N4O4S/c1-11-6-9-16(15-11)8-3-7-14-22(20,21)13-5-2-4-12(10-13)17(18)19/h2,4-6,9-10,14H,3,7-8H2,1H3. The fourth-order valence-corrected chi connectivity index (χ4v) is 3.00. The first-order chi connectivity index (χ1) is 10.4. The Morgan fingerprint density at radius 1 is 1.36 bits per heavy atom. The molecule has 0 spiro atoms. The van der Waals surface area contributed by atoms with Gasteiger partial charge in [0.05, 0.1) is 15.5 Å². The molecule has 2 aromatic rings. The molecule has 2 rings (SSSR count). The molecule has 0 bridgehead atoms. The smallest absolute Gasteiger partial charge is 0.270 e. The molecule has 0 atom stereocenters. The number of nitrogens with one attached hydrogen (secondary N) is 1. The minimum atomic E-state index is -3.75. The molecule has 1 heterocycles. The summed E-state index contributed by atoms with van der Waals surface area (Å²) in [6.45, 7) is 2.69. The number of hydrogen-bond acceptors (Lipinski definition) is 5. The second-order valence-electron chi connectivity index (χ2n) is 4.73. The van der Waals surface area contributed by atoms with E-state index in [0.717, 1.165) is 11.8 Å². The van der Waals surface area contributed by atoms with Crippen molar-refractivity contribution in [1.29, 1.82) is 0 Å². The molecule has 22 heavy (non-hydrogen) atoms. The van der Waals surface area contributed by atoms with Gasteiger partial charge in [-0.2, -0.15) is 5.10 Å². The van der Waals surface area contributed by atoms with E-state index in [4.69, 9.17) is 0 Å². The van der Waals surface area contributed by atoms with Crippen molar-refractivity contribution in [3.05, 3.63) is 52.3 Å². The third-order valence-electron chi connectivity index (χ3n) is 2.97. The Labute approximate surface area is 128 Å². The highest BCUT2D eigenvalue weighted by Crippen LogP contribution is 2.16. The number of nitro groups is 1. The summed E-state index contributed by atoms with van der Waals surface area (Å²) in [6.07, 6.45) is 2.39. The summed E-state index contributed by atoms with van der Waals surface area (Å²) in [7, 11) is -3.75. The van der Waals surface area contributed by atoms with Gasteiger partial charge in [-0.15, -0.1) is 0 Å². The van der Waals surface area contributed by atoms with Crippen molar-refractivity contribution in [1.82, 2.24) is 14.5 Å². The van der Waals surface area contributed by atoms with E-state index < -0.39 is 14.9 Å². The maximum absolute atomic E-state index is 12.1. The van der Waals surface area contributed by atoms with Crippen LogP contribution in [-0.2, 0) is 16.6 Å². The number of hydrogen-bond donors (Lipinski definition) is 1. The highest BCUT2D eigenvalue weighted by molar-refractivity contribution is 7.89. The van der Waals surface area contributed by atoms with Crippen molar-refractivity contribution in [2.75, 3.05) is 6.54 Å². The second-order valence-corrected chi connectivity index (χ2v) is 6.49. The van der Waals surface area contributed by atoms with Gasteiger partial charge in [0, 0.05) is 31.4 Å². The van der Waals surface area contributed by atoms with Gasteiger partial charge in [-0.25, -0.2) is 13.1 Å². The van der Waals surface area contributed by atoms with Crippen LogP contribution < -0.4 is 4.72 Å². The minimum absolute atomic E-state index is 0.114. The predicted octanol–water partition coefficient (Wildman–Crippen LogP) is 1.47. The Bertz CT molecular complexity index is 770. The van der Waals surface area contributed by atoms with E-state index in [1.54, 1.807) is 4.68 Å². The van der Waals surface area contributed by atoms with Gasteiger partial charge >= 0.3 is 0 Å². The van der Waals surface area contributed by atoms with Gasteiger partial charge in [0.15, 0.2) is 0 Å². The Morgan fingerprint density at radius 3 is 2.77 bits per heavy atom. The van der Waals surface area contributed by atoms with E-state index in [1.165, 1.54) is 18.2 Å². The summed E-state index contributed by atoms with van der Waals surface area (Å²) in [5.41, 5.74) is 0.645. The van der Waals surface area contributed by atoms with Gasteiger partial charge in [0.25, 0.3) is 5.69 Å². The van der Waals surface area contributed by atoms with Crippen molar-refractivity contribution in [2.45, 2.75) is 24.8 Å². The highest BCUT2D eigenvalue weighted by atomic mass is 32.2. The van der Waals surface area contributed by atoms with E-state index in [9.17, 15) is 18.5 Å². The van der Waals surface area contributed by atoms with Gasteiger partial charge < -0.3 is 0 Å². The normalized spacial score (nSPS) is 11.5. The number of nitro benzene ring substituents is 1. The number of non-ortho nitro benzene ring substituents is 1. The van der Waals surface area contributed by atoms with Crippen molar-refractivity contribution in [2.24, 2.45) is 0 Å². The minimum Gasteiger partial charge on any atom is -0.272 e. The summed E-state index contributed by atoms with van der Waals surface area (Å²) in [5.74, 6) is 0. The summed E-state index contributed by atoms with van der Waals surface area (Å²) in [6, 6.07) is 6.83. The molecule has 0 saturated heterocycles. The van der Waals surface area contributed by atoms with Crippen LogP contribution in [0.25, 0.3) is 0 Å². The molecular formula is C13H16N4O4S. The molecule has 0 fully saturated rings. The lowest BCUT2D eigenvalue weighted by Gasteiger charge is -2.07. The Morgan fingerprint density at radius 2 is 2.14 bits per heavy atom. The molecule has 0 unspecified atom stereocenters. The summed E-state index contributed by atoms with van der Waals surface area (Å²) in [4.78, 5) is 9.94. The summed E-state index contributed by atoms with van der Waals surface area (Å²) >= 11 is 0. The van der Waals surface area contributed by atoms with Crippen LogP contribution in [0.4, 0.5) is 5.69 Å². The van der Waals surface area contributed by atoms with Crippen LogP contribution in [0.1, 0.15) is 12.1 Å². The number of sulfonamides is 1. The lowest BCUT2D eigenvalue weighted by molar-refractivity contribution is -0.385. The van der Waals surface area contributed by atoms with E-state index in [2.05, 4.69) is 9.82 Å². The number of nitrogens with zero attached hydrogens (tertiary/aromatic N) is 3. The number of aryl methyl sites for hydroxylation is 2. The molecule has 0 aliphatic rings. The van der Waals surface area contributed by atoms with Crippen molar-refractivity contribution in [3.63, 3.8) is 0 Å². The molecule has 0 amide bonds. The monoisotopic (exact) mass is 324 g/mol. The first-order valence-corrected chi connectivity index (χ1v) is 8.11. The van der Waals surface area contributed by atoms with Crippen LogP contribution in [0.3, 0.4) is 0 Å². The number of aromatic nitrogens is 2. The molecule has 1 aromatic carbocycles. The molecule has 9 heteroatoms. The Kier molecular flexibility index (Phi) is 4.88. The van der Waals surface area contributed by atoms with Crippen molar-refractivity contribution in [3.8, 4) is 0 Å². The fourth-order valence-electron chi connectivity index (χ4n) is 1.88. The fraction of sp³-hybridized carbons (Fsp3) is 0.308. The largest absolute Gasteiger partial charge is 0.272 e. The second kappa shape index (κ2) is 6.67. The van der Waals surface area contributed by atoms with E-state index in [1.807, 2.05) is 19.2 Å². The molecule has 118 valence electrons. The maximum Gasteiger partial charge on any atom is 0.270 e. The lowest BCUT2D eigenvalue weighted by Crippen LogP contribution is -2.25. The molecular weight excluding hydrogens is 308 g/mol. The van der Waals surface area contributed by atoms with Crippen LogP contribution >= 0.6 is 0 Å². The molecule has 1 N–H and O–H groups in total. The van der Waals surface area contributed by atoms with Gasteiger partial charge in [-0.1, -0.05) is 6.07 Å². The summed E-state index contributed by atoms with van der Waals surface area (Å²) in [5, 5.41) is 14.9. The van der Waals surface area contributed by atoms with Crippen molar-refractivity contribution >= 4 is 15.7 Å². The maximum atomic E-state index is 12.1. The molecule has 1 aromatic heterocycles. The van der Waals surface area contributed by atoms with E-state index in [-0.39, 0.29) is 17.1 Å². The van der Waals surface area contributed by atoms with Crippen LogP contribution in [0.5, 0.6) is 0 Å². The Hall–Kier alpha value is -2.26. The van der Waals surface area contributed by atoms with Crippen LogP contribution in [0.15, 0.2) is 41.4 Å². The molecule has 0 aliphatic heterocycles. The van der Waals surface area contributed by atoms with Crippen molar-refractivity contribution < 1.29 is 13.3 Å². The zero-order valence-electron chi connectivity index (χ0n) is 12.0. The van der Waals surface area contributed by atoms with Crippen LogP contribution in [0.2, 0.25) is 0 Å². The average Bonchev–Trinajstić information content (AvgIpc) is 2.89. The van der Waals surface area contributed by atoms with E-state index >= 15 is 0 Å². The lowest BCUT2D eigenvalue weighted by atomic mass is 10.3. The first-order valence-electron chi connectivity index (χ1n) is 6.63. The quantitative estimate of drug-likeness (QED) is 0.471. The molecule has 0 saturated carbocycles. The van der Waals surface area contributed by atoms with Crippen LogP contribution in [0, 0.1) is 17.0 Å². The number of rotatable bonds is 7. The zero-order chi connectivity index (χ0) is 16.2. The first kappa shape index (κ1) is 16.1. The van der Waals surface area contributed by atoms with Crippen LogP contribution in [-0.4, -0.2) is 29.7 Å². The van der Waals surface area contributed by atoms with Gasteiger partial charge in [0.2, 0.25) is 10.0 Å². The van der Waals surface area contributed by atoms with E-state index in [0.29, 0.717) is 13.0 Å². The third-order valence-corrected chi connectivity index (χ3v) is 4.43. The Balaban J connectivity index is 1.93. The average molecular weight is 324 g/mol. The van der Waals surface area contributed by atoms with Gasteiger partial charge in [0.1, 0.15) is 0 Å². The molecule has 0 radical (unpaired) electrons. The topological polar surface area (TPSA) is 107 Å². The predicted molar refractivity (Wildman–Crippen MR) is 79.9 cm³/mol. The zero-order valence-corrected chi connectivity index (χ0v) is 12.8. The summed E-state index contributed by atoms with van der Waals surface area (Å²) < 4.78 is 28.3. The highest BCUT2D eigenvalue weighted by Gasteiger charge is 2.16.